The quantitative estimate of drug-likeness (QED) is 0.0446. The van der Waals surface area contributed by atoms with Gasteiger partial charge in [-0.05, 0) is 53.1 Å². The van der Waals surface area contributed by atoms with Crippen molar-refractivity contribution in [1.29, 1.82) is 0 Å². The molecule has 0 aliphatic heterocycles. The van der Waals surface area contributed by atoms with E-state index in [2.05, 4.69) is 15.9 Å². The summed E-state index contributed by atoms with van der Waals surface area (Å²) in [6.07, 6.45) is 0. The fraction of sp³-hybridized carbons (Fsp3) is 0.514. The summed E-state index contributed by atoms with van der Waals surface area (Å²) < 4.78 is 77.7. The first kappa shape index (κ1) is 43.0. The smallest absolute Gasteiger partial charge is 0.189 e. The number of alkyl halides is 1. The van der Waals surface area contributed by atoms with E-state index in [0.29, 0.717) is 92.7 Å². The Morgan fingerprint density at radius 3 is 0.885 bits per heavy atom. The van der Waals surface area contributed by atoms with Gasteiger partial charge in [0.25, 0.3) is 0 Å². The Kier molecular flexibility index (Phi) is 22.6. The molecule has 0 saturated heterocycles. The average Bonchev–Trinajstić information content (AvgIpc) is 3.16. The molecule has 290 valence electrons. The van der Waals surface area contributed by atoms with Gasteiger partial charge in [-0.3, -0.25) is 0 Å². The molecule has 0 aromatic heterocycles. The molecule has 0 unspecified atom stereocenters. The van der Waals surface area contributed by atoms with Crippen molar-refractivity contribution in [3.05, 3.63) is 71.3 Å². The van der Waals surface area contributed by atoms with Crippen LogP contribution in [-0.4, -0.2) is 108 Å². The Hall–Kier alpha value is -3.38. The van der Waals surface area contributed by atoms with Gasteiger partial charge < -0.3 is 66.3 Å². The lowest BCUT2D eigenvalue weighted by atomic mass is 10.2. The predicted molar refractivity (Wildman–Crippen MR) is 194 cm³/mol. The topological polar surface area (TPSA) is 129 Å². The first-order valence-corrected chi connectivity index (χ1v) is 17.7. The van der Waals surface area contributed by atoms with E-state index < -0.39 is 0 Å². The zero-order valence-electron chi connectivity index (χ0n) is 30.4. The Labute approximate surface area is 314 Å². The molecule has 0 bridgehead atoms. The van der Waals surface area contributed by atoms with Crippen molar-refractivity contribution in [2.45, 2.75) is 18.5 Å². The molecule has 0 N–H and O–H groups in total. The van der Waals surface area contributed by atoms with E-state index in [0.717, 1.165) is 16.7 Å². The van der Waals surface area contributed by atoms with Crippen LogP contribution in [-0.2, 0) is 56.4 Å². The number of hydrogen-bond donors (Lipinski definition) is 0. The summed E-state index contributed by atoms with van der Waals surface area (Å²) in [6.45, 7) is 4.19. The molecule has 0 saturated carbocycles. The lowest BCUT2D eigenvalue weighted by molar-refractivity contribution is -0.0119. The van der Waals surface area contributed by atoms with Gasteiger partial charge in [0.15, 0.2) is 27.2 Å². The van der Waals surface area contributed by atoms with Crippen molar-refractivity contribution in [1.82, 2.24) is 0 Å². The first-order chi connectivity index (χ1) is 25.6. The number of methoxy groups -OCH3 is 4. The molecular weight excluding hydrogens is 748 g/mol. The Morgan fingerprint density at radius 1 is 0.346 bits per heavy atom. The third-order valence-electron chi connectivity index (χ3n) is 6.75. The van der Waals surface area contributed by atoms with Gasteiger partial charge in [-0.25, -0.2) is 0 Å². The van der Waals surface area contributed by atoms with Crippen LogP contribution in [0.1, 0.15) is 16.7 Å². The van der Waals surface area contributed by atoms with Gasteiger partial charge in [0.2, 0.25) is 0 Å². The molecule has 0 atom stereocenters. The molecular formula is C37H51BrO14. The van der Waals surface area contributed by atoms with Gasteiger partial charge in [0.05, 0.1) is 52.9 Å². The minimum atomic E-state index is 0.0540. The largest absolute Gasteiger partial charge is 0.489 e. The van der Waals surface area contributed by atoms with Crippen LogP contribution in [0.5, 0.6) is 34.5 Å². The molecule has 0 fully saturated rings. The van der Waals surface area contributed by atoms with Gasteiger partial charge in [0.1, 0.15) is 47.7 Å². The zero-order valence-corrected chi connectivity index (χ0v) is 32.0. The Morgan fingerprint density at radius 2 is 0.615 bits per heavy atom. The summed E-state index contributed by atoms with van der Waals surface area (Å²) >= 11 is 3.56. The number of hydrogen-bond acceptors (Lipinski definition) is 14. The highest BCUT2D eigenvalue weighted by Gasteiger charge is 2.10. The van der Waals surface area contributed by atoms with Crippen molar-refractivity contribution >= 4 is 15.9 Å². The molecule has 14 nitrogen and oxygen atoms in total. The van der Waals surface area contributed by atoms with Gasteiger partial charge in [-0.15, -0.1) is 0 Å². The van der Waals surface area contributed by atoms with Crippen molar-refractivity contribution in [2.75, 3.05) is 108 Å². The van der Waals surface area contributed by atoms with E-state index >= 15 is 0 Å². The van der Waals surface area contributed by atoms with Gasteiger partial charge in [0, 0.05) is 52.0 Å². The summed E-state index contributed by atoms with van der Waals surface area (Å²) in [6, 6.07) is 16.7. The Bertz CT molecular complexity index is 1220. The van der Waals surface area contributed by atoms with Crippen LogP contribution in [0.3, 0.4) is 0 Å². The van der Waals surface area contributed by atoms with Crippen LogP contribution >= 0.6 is 15.9 Å². The van der Waals surface area contributed by atoms with Crippen molar-refractivity contribution < 1.29 is 66.3 Å². The number of halogens is 1. The molecule has 0 aliphatic rings. The van der Waals surface area contributed by atoms with E-state index in [1.807, 2.05) is 42.5 Å². The normalized spacial score (nSPS) is 11.0. The highest BCUT2D eigenvalue weighted by atomic mass is 79.9. The first-order valence-electron chi connectivity index (χ1n) is 16.6. The van der Waals surface area contributed by atoms with Crippen LogP contribution in [0, 0.1) is 0 Å². The highest BCUT2D eigenvalue weighted by Crippen LogP contribution is 2.29. The van der Waals surface area contributed by atoms with Gasteiger partial charge in [-0.1, -0.05) is 15.9 Å². The monoisotopic (exact) mass is 798 g/mol. The van der Waals surface area contributed by atoms with Gasteiger partial charge >= 0.3 is 0 Å². The standard InChI is InChI=1S/C37H51BrO14/c1-39-5-9-43-25-49-34-15-30(16-35(20-34)50-26-44-10-6-40-2)23-47-32-13-29(22-38)14-33(19-32)48-24-31-17-36(51-27-45-11-7-41-3)21-37(18-31)52-28-46-12-8-42-4/h13-21H,5-12,22-28H2,1-4H3. The summed E-state index contributed by atoms with van der Waals surface area (Å²) in [7, 11) is 6.45. The maximum absolute atomic E-state index is 6.24. The maximum atomic E-state index is 6.24. The second-order valence-electron chi connectivity index (χ2n) is 10.8. The van der Waals surface area contributed by atoms with Crippen molar-refractivity contribution in [3.63, 3.8) is 0 Å². The van der Waals surface area contributed by atoms with Crippen molar-refractivity contribution in [3.8, 4) is 34.5 Å². The number of rotatable bonds is 31. The third kappa shape index (κ3) is 18.4. The van der Waals surface area contributed by atoms with Crippen LogP contribution in [0.2, 0.25) is 0 Å². The van der Waals surface area contributed by atoms with E-state index in [4.69, 9.17) is 66.3 Å². The molecule has 52 heavy (non-hydrogen) atoms. The van der Waals surface area contributed by atoms with E-state index in [-0.39, 0.29) is 40.4 Å². The summed E-state index contributed by atoms with van der Waals surface area (Å²) in [5, 5.41) is 0.599. The fourth-order valence-electron chi connectivity index (χ4n) is 4.21. The van der Waals surface area contributed by atoms with Gasteiger partial charge in [-0.2, -0.15) is 0 Å². The molecule has 15 heteroatoms. The lowest BCUT2D eigenvalue weighted by Gasteiger charge is -2.15. The minimum Gasteiger partial charge on any atom is -0.489 e. The molecule has 3 rings (SSSR count). The molecule has 0 amide bonds. The number of benzene rings is 3. The SMILES string of the molecule is COCCOCOc1cc(COc2cc(CBr)cc(OCc3cc(OCOCCOC)cc(OCOCCOC)c3)c2)cc(OCOCCOC)c1. The second kappa shape index (κ2) is 27.3. The summed E-state index contributed by atoms with van der Waals surface area (Å²) in [5.41, 5.74) is 2.60. The van der Waals surface area contributed by atoms with E-state index in [1.165, 1.54) is 0 Å². The van der Waals surface area contributed by atoms with Crippen LogP contribution in [0.25, 0.3) is 0 Å². The highest BCUT2D eigenvalue weighted by molar-refractivity contribution is 9.08. The molecule has 3 aromatic rings. The molecule has 0 radical (unpaired) electrons. The fourth-order valence-corrected chi connectivity index (χ4v) is 4.54. The van der Waals surface area contributed by atoms with E-state index in [9.17, 15) is 0 Å². The predicted octanol–water partition coefficient (Wildman–Crippen LogP) is 5.74. The summed E-state index contributed by atoms with van der Waals surface area (Å²) in [5.74, 6) is 3.47. The lowest BCUT2D eigenvalue weighted by Crippen LogP contribution is -2.10. The Balaban J connectivity index is 1.69. The van der Waals surface area contributed by atoms with Crippen LogP contribution in [0.4, 0.5) is 0 Å². The molecule has 0 spiro atoms. The average molecular weight is 800 g/mol. The molecule has 0 heterocycles. The minimum absolute atomic E-state index is 0.0540. The third-order valence-corrected chi connectivity index (χ3v) is 7.40. The van der Waals surface area contributed by atoms with Crippen molar-refractivity contribution in [2.24, 2.45) is 0 Å². The molecule has 3 aromatic carbocycles. The summed E-state index contributed by atoms with van der Waals surface area (Å²) in [4.78, 5) is 0. The van der Waals surface area contributed by atoms with Crippen LogP contribution < -0.4 is 28.4 Å². The zero-order chi connectivity index (χ0) is 37.1. The number of ether oxygens (including phenoxy) is 14. The maximum Gasteiger partial charge on any atom is 0.189 e. The second-order valence-corrected chi connectivity index (χ2v) is 11.4. The molecule has 0 aliphatic carbocycles. The van der Waals surface area contributed by atoms with E-state index in [1.54, 1.807) is 40.6 Å². The van der Waals surface area contributed by atoms with Crippen LogP contribution in [0.15, 0.2) is 54.6 Å².